The molecule has 2 aromatic heterocycles. The number of aromatic amines is 1. The summed E-state index contributed by atoms with van der Waals surface area (Å²) in [7, 11) is 0. The Bertz CT molecular complexity index is 530. The van der Waals surface area contributed by atoms with Crippen molar-refractivity contribution in [3.05, 3.63) is 52.6 Å². The lowest BCUT2D eigenvalue weighted by atomic mass is 10.3. The van der Waals surface area contributed by atoms with E-state index in [-0.39, 0.29) is 12.1 Å². The van der Waals surface area contributed by atoms with E-state index in [2.05, 4.69) is 15.3 Å². The minimum Gasteiger partial charge on any atom is -0.467 e. The second kappa shape index (κ2) is 4.43. The van der Waals surface area contributed by atoms with Gasteiger partial charge in [0.15, 0.2) is 0 Å². The van der Waals surface area contributed by atoms with Gasteiger partial charge in [0.25, 0.3) is 11.5 Å². The van der Waals surface area contributed by atoms with Gasteiger partial charge in [0.05, 0.1) is 19.1 Å². The first-order valence-corrected chi connectivity index (χ1v) is 4.60. The van der Waals surface area contributed by atoms with Crippen molar-refractivity contribution in [2.75, 3.05) is 0 Å². The zero-order valence-electron chi connectivity index (χ0n) is 8.27. The summed E-state index contributed by atoms with van der Waals surface area (Å²) < 4.78 is 5.03. The number of nitrogens with one attached hydrogen (secondary N) is 2. The maximum atomic E-state index is 11.5. The standard InChI is InChI=1S/C10H9N3O3/c14-9(8-5-11-6-13-10(8)15)12-4-7-2-1-3-16-7/h1-3,5-6H,4H2,(H,12,14)(H,11,13,15). The highest BCUT2D eigenvalue weighted by Gasteiger charge is 2.09. The summed E-state index contributed by atoms with van der Waals surface area (Å²) in [5, 5.41) is 2.55. The second-order valence-corrected chi connectivity index (χ2v) is 3.06. The molecule has 1 amide bonds. The summed E-state index contributed by atoms with van der Waals surface area (Å²) in [6.45, 7) is 0.236. The minimum absolute atomic E-state index is 0.0194. The Balaban J connectivity index is 2.04. The summed E-state index contributed by atoms with van der Waals surface area (Å²) >= 11 is 0. The zero-order chi connectivity index (χ0) is 11.4. The van der Waals surface area contributed by atoms with E-state index in [1.807, 2.05) is 0 Å². The molecule has 2 rings (SSSR count). The van der Waals surface area contributed by atoms with Crippen molar-refractivity contribution in [3.8, 4) is 0 Å². The molecule has 0 atom stereocenters. The molecular formula is C10H9N3O3. The van der Waals surface area contributed by atoms with Crippen LogP contribution in [0.2, 0.25) is 0 Å². The molecule has 0 radical (unpaired) electrons. The minimum atomic E-state index is -0.481. The molecule has 0 bridgehead atoms. The Morgan fingerprint density at radius 3 is 3.12 bits per heavy atom. The van der Waals surface area contributed by atoms with E-state index in [9.17, 15) is 9.59 Å². The molecule has 2 N–H and O–H groups in total. The fourth-order valence-corrected chi connectivity index (χ4v) is 1.18. The number of rotatable bonds is 3. The number of nitrogens with zero attached hydrogens (tertiary/aromatic N) is 1. The monoisotopic (exact) mass is 219 g/mol. The number of amides is 1. The summed E-state index contributed by atoms with van der Waals surface area (Å²) in [6.07, 6.45) is 3.96. The van der Waals surface area contributed by atoms with E-state index in [4.69, 9.17) is 4.42 Å². The molecule has 0 aliphatic carbocycles. The number of furan rings is 1. The van der Waals surface area contributed by atoms with E-state index in [1.54, 1.807) is 12.1 Å². The van der Waals surface area contributed by atoms with Crippen molar-refractivity contribution < 1.29 is 9.21 Å². The molecule has 0 aliphatic rings. The van der Waals surface area contributed by atoms with Crippen molar-refractivity contribution in [1.82, 2.24) is 15.3 Å². The summed E-state index contributed by atoms with van der Waals surface area (Å²) in [6, 6.07) is 3.45. The second-order valence-electron chi connectivity index (χ2n) is 3.06. The third-order valence-corrected chi connectivity index (χ3v) is 1.97. The molecule has 0 unspecified atom stereocenters. The molecule has 0 spiro atoms. The Morgan fingerprint density at radius 2 is 2.44 bits per heavy atom. The van der Waals surface area contributed by atoms with Gasteiger partial charge in [0.1, 0.15) is 11.3 Å². The SMILES string of the molecule is O=C(NCc1ccco1)c1cnc[nH]c1=O. The first-order valence-electron chi connectivity index (χ1n) is 4.60. The van der Waals surface area contributed by atoms with E-state index >= 15 is 0 Å². The molecular weight excluding hydrogens is 210 g/mol. The van der Waals surface area contributed by atoms with E-state index in [0.717, 1.165) is 0 Å². The van der Waals surface area contributed by atoms with Crippen LogP contribution >= 0.6 is 0 Å². The molecule has 0 aliphatic heterocycles. The molecule has 0 fully saturated rings. The van der Waals surface area contributed by atoms with Crippen LogP contribution in [-0.4, -0.2) is 15.9 Å². The van der Waals surface area contributed by atoms with Gasteiger partial charge in [-0.1, -0.05) is 0 Å². The van der Waals surface area contributed by atoms with Crippen LogP contribution in [0.3, 0.4) is 0 Å². The van der Waals surface area contributed by atoms with Gasteiger partial charge in [-0.3, -0.25) is 9.59 Å². The molecule has 6 nitrogen and oxygen atoms in total. The van der Waals surface area contributed by atoms with Crippen molar-refractivity contribution in [2.45, 2.75) is 6.54 Å². The van der Waals surface area contributed by atoms with Gasteiger partial charge in [-0.05, 0) is 12.1 Å². The largest absolute Gasteiger partial charge is 0.467 e. The normalized spacial score (nSPS) is 10.0. The highest BCUT2D eigenvalue weighted by Crippen LogP contribution is 1.99. The topological polar surface area (TPSA) is 88.0 Å². The number of carbonyl (C=O) groups excluding carboxylic acids is 1. The average molecular weight is 219 g/mol. The summed E-state index contributed by atoms with van der Waals surface area (Å²) in [5.41, 5.74) is -0.485. The summed E-state index contributed by atoms with van der Waals surface area (Å²) in [4.78, 5) is 28.8. The smallest absolute Gasteiger partial charge is 0.263 e. The molecule has 2 aromatic rings. The van der Waals surface area contributed by atoms with Crippen LogP contribution in [-0.2, 0) is 6.54 Å². The van der Waals surface area contributed by atoms with Crippen LogP contribution in [0.25, 0.3) is 0 Å². The van der Waals surface area contributed by atoms with Crippen LogP contribution in [0.1, 0.15) is 16.1 Å². The number of H-pyrrole nitrogens is 1. The average Bonchev–Trinajstić information content (AvgIpc) is 2.79. The predicted octanol–water partition coefficient (Wildman–Crippen LogP) is 0.293. The van der Waals surface area contributed by atoms with Crippen LogP contribution in [0, 0.1) is 0 Å². The first-order chi connectivity index (χ1) is 7.77. The van der Waals surface area contributed by atoms with Crippen molar-refractivity contribution in [3.63, 3.8) is 0 Å². The number of hydrogen-bond acceptors (Lipinski definition) is 4. The Labute approximate surface area is 90.3 Å². The Kier molecular flexibility index (Phi) is 2.81. The molecule has 16 heavy (non-hydrogen) atoms. The lowest BCUT2D eigenvalue weighted by Gasteiger charge is -2.01. The van der Waals surface area contributed by atoms with Crippen molar-refractivity contribution >= 4 is 5.91 Å². The maximum absolute atomic E-state index is 11.5. The third kappa shape index (κ3) is 2.17. The Morgan fingerprint density at radius 1 is 1.56 bits per heavy atom. The van der Waals surface area contributed by atoms with Crippen molar-refractivity contribution in [2.24, 2.45) is 0 Å². The Hall–Kier alpha value is -2.37. The van der Waals surface area contributed by atoms with E-state index in [1.165, 1.54) is 18.8 Å². The van der Waals surface area contributed by atoms with Crippen LogP contribution in [0.15, 0.2) is 40.1 Å². The maximum Gasteiger partial charge on any atom is 0.263 e. The molecule has 0 saturated heterocycles. The fourth-order valence-electron chi connectivity index (χ4n) is 1.18. The zero-order valence-corrected chi connectivity index (χ0v) is 8.27. The molecule has 0 aromatic carbocycles. The van der Waals surface area contributed by atoms with Gasteiger partial charge in [-0.15, -0.1) is 0 Å². The van der Waals surface area contributed by atoms with Crippen LogP contribution in [0.5, 0.6) is 0 Å². The lowest BCUT2D eigenvalue weighted by molar-refractivity contribution is 0.0946. The molecule has 82 valence electrons. The van der Waals surface area contributed by atoms with Crippen LogP contribution < -0.4 is 10.9 Å². The number of hydrogen-bond donors (Lipinski definition) is 2. The highest BCUT2D eigenvalue weighted by molar-refractivity contribution is 5.93. The van der Waals surface area contributed by atoms with Crippen LogP contribution in [0.4, 0.5) is 0 Å². The lowest BCUT2D eigenvalue weighted by Crippen LogP contribution is -2.29. The molecule has 6 heteroatoms. The molecule has 2 heterocycles. The van der Waals surface area contributed by atoms with Gasteiger partial charge in [0, 0.05) is 6.20 Å². The quantitative estimate of drug-likeness (QED) is 0.776. The van der Waals surface area contributed by atoms with Gasteiger partial charge in [0.2, 0.25) is 0 Å². The number of carbonyl (C=O) groups is 1. The third-order valence-electron chi connectivity index (χ3n) is 1.97. The first kappa shape index (κ1) is 10.2. The molecule has 0 saturated carbocycles. The fraction of sp³-hybridized carbons (Fsp3) is 0.100. The summed E-state index contributed by atoms with van der Waals surface area (Å²) in [5.74, 6) is 0.138. The van der Waals surface area contributed by atoms with E-state index < -0.39 is 11.5 Å². The van der Waals surface area contributed by atoms with Gasteiger partial charge < -0.3 is 14.7 Å². The van der Waals surface area contributed by atoms with E-state index in [0.29, 0.717) is 5.76 Å². The van der Waals surface area contributed by atoms with Gasteiger partial charge >= 0.3 is 0 Å². The predicted molar refractivity (Wildman–Crippen MR) is 54.7 cm³/mol. The van der Waals surface area contributed by atoms with Gasteiger partial charge in [-0.2, -0.15) is 0 Å². The highest BCUT2D eigenvalue weighted by atomic mass is 16.3. The van der Waals surface area contributed by atoms with Crippen molar-refractivity contribution in [1.29, 1.82) is 0 Å². The number of aromatic nitrogens is 2. The van der Waals surface area contributed by atoms with Gasteiger partial charge in [-0.25, -0.2) is 4.98 Å².